The van der Waals surface area contributed by atoms with E-state index in [0.717, 1.165) is 55.2 Å². The molecule has 0 saturated heterocycles. The minimum atomic E-state index is -0.325. The molecule has 0 spiro atoms. The fourth-order valence-corrected chi connectivity index (χ4v) is 7.45. The van der Waals surface area contributed by atoms with Gasteiger partial charge in [0.2, 0.25) is 5.91 Å². The summed E-state index contributed by atoms with van der Waals surface area (Å²) < 4.78 is 1.37. The van der Waals surface area contributed by atoms with Crippen molar-refractivity contribution in [3.8, 4) is 17.2 Å². The van der Waals surface area contributed by atoms with E-state index in [9.17, 15) is 14.9 Å². The van der Waals surface area contributed by atoms with Crippen LogP contribution in [0, 0.1) is 11.3 Å². The molecule has 6 nitrogen and oxygen atoms in total. The molecule has 3 aromatic heterocycles. The molecule has 0 saturated carbocycles. The molecule has 1 amide bonds. The Bertz CT molecular complexity index is 1570. The van der Waals surface area contributed by atoms with Gasteiger partial charge in [-0.25, -0.2) is 4.98 Å². The van der Waals surface area contributed by atoms with Crippen LogP contribution in [0.4, 0.5) is 5.00 Å². The SMILES string of the molecule is N#Cc1c(NC(=O)Cn2cnc3scc(-c4ccc5c(c4)CCCC5)c3c2=O)sc2c1CCCC2. The molecule has 0 bridgehead atoms. The monoisotopic (exact) mass is 500 g/mol. The number of aromatic nitrogens is 2. The summed E-state index contributed by atoms with van der Waals surface area (Å²) in [6, 6.07) is 8.76. The van der Waals surface area contributed by atoms with Gasteiger partial charge < -0.3 is 5.32 Å². The molecule has 176 valence electrons. The number of anilines is 1. The van der Waals surface area contributed by atoms with Crippen LogP contribution >= 0.6 is 22.7 Å². The number of nitrogens with one attached hydrogen (secondary N) is 1. The first-order valence-electron chi connectivity index (χ1n) is 12.1. The minimum Gasteiger partial charge on any atom is -0.315 e. The van der Waals surface area contributed by atoms with Gasteiger partial charge in [0.15, 0.2) is 0 Å². The highest BCUT2D eigenvalue weighted by Crippen LogP contribution is 2.38. The normalized spacial score (nSPS) is 14.8. The van der Waals surface area contributed by atoms with Crippen LogP contribution in [0.25, 0.3) is 21.3 Å². The number of benzene rings is 1. The van der Waals surface area contributed by atoms with Crippen molar-refractivity contribution in [1.29, 1.82) is 5.26 Å². The van der Waals surface area contributed by atoms with Gasteiger partial charge in [-0.05, 0) is 73.6 Å². The Morgan fingerprint density at radius 3 is 2.77 bits per heavy atom. The van der Waals surface area contributed by atoms with Gasteiger partial charge >= 0.3 is 0 Å². The second kappa shape index (κ2) is 9.06. The zero-order valence-corrected chi connectivity index (χ0v) is 20.9. The summed E-state index contributed by atoms with van der Waals surface area (Å²) in [5.74, 6) is -0.325. The zero-order valence-electron chi connectivity index (χ0n) is 19.2. The molecule has 3 heterocycles. The van der Waals surface area contributed by atoms with Gasteiger partial charge in [0.25, 0.3) is 5.56 Å². The van der Waals surface area contributed by atoms with Crippen LogP contribution in [0.1, 0.15) is 52.8 Å². The van der Waals surface area contributed by atoms with Crippen LogP contribution in [0.2, 0.25) is 0 Å². The summed E-state index contributed by atoms with van der Waals surface area (Å²) in [7, 11) is 0. The second-order valence-corrected chi connectivity index (χ2v) is 11.2. The van der Waals surface area contributed by atoms with E-state index in [0.29, 0.717) is 20.8 Å². The van der Waals surface area contributed by atoms with Crippen molar-refractivity contribution >= 4 is 43.8 Å². The lowest BCUT2D eigenvalue weighted by molar-refractivity contribution is -0.116. The molecule has 0 unspecified atom stereocenters. The Hall–Kier alpha value is -3.28. The smallest absolute Gasteiger partial charge is 0.263 e. The van der Waals surface area contributed by atoms with Crippen molar-refractivity contribution in [3.05, 3.63) is 67.4 Å². The van der Waals surface area contributed by atoms with Crippen molar-refractivity contribution in [3.63, 3.8) is 0 Å². The Kier molecular flexibility index (Phi) is 5.75. The maximum absolute atomic E-state index is 13.4. The first-order valence-corrected chi connectivity index (χ1v) is 13.8. The summed E-state index contributed by atoms with van der Waals surface area (Å²) in [6.45, 7) is -0.144. The fraction of sp³-hybridized carbons (Fsp3) is 0.333. The molecule has 0 fully saturated rings. The number of carbonyl (C=O) groups is 1. The van der Waals surface area contributed by atoms with Crippen molar-refractivity contribution in [2.24, 2.45) is 0 Å². The van der Waals surface area contributed by atoms with Gasteiger partial charge in [-0.1, -0.05) is 18.2 Å². The Balaban J connectivity index is 1.30. The number of thiophene rings is 2. The van der Waals surface area contributed by atoms with Crippen molar-refractivity contribution in [2.45, 2.75) is 57.9 Å². The maximum atomic E-state index is 13.4. The highest BCUT2D eigenvalue weighted by atomic mass is 32.1. The third-order valence-electron chi connectivity index (χ3n) is 7.07. The molecule has 0 atom stereocenters. The predicted molar refractivity (Wildman–Crippen MR) is 140 cm³/mol. The Morgan fingerprint density at radius 1 is 1.11 bits per heavy atom. The van der Waals surface area contributed by atoms with E-state index in [1.807, 2.05) is 5.38 Å². The van der Waals surface area contributed by atoms with Crippen molar-refractivity contribution in [1.82, 2.24) is 9.55 Å². The number of hydrogen-bond donors (Lipinski definition) is 1. The van der Waals surface area contributed by atoms with Gasteiger partial charge in [-0.3, -0.25) is 14.2 Å². The van der Waals surface area contributed by atoms with Crippen LogP contribution in [-0.4, -0.2) is 15.5 Å². The molecule has 1 aromatic carbocycles. The topological polar surface area (TPSA) is 87.8 Å². The lowest BCUT2D eigenvalue weighted by atomic mass is 9.89. The summed E-state index contributed by atoms with van der Waals surface area (Å²) in [5, 5.41) is 15.7. The molecule has 0 radical (unpaired) electrons. The largest absolute Gasteiger partial charge is 0.315 e. The summed E-state index contributed by atoms with van der Waals surface area (Å²) in [5.41, 5.74) is 6.11. The van der Waals surface area contributed by atoms with Crippen LogP contribution in [0.3, 0.4) is 0 Å². The molecule has 2 aliphatic carbocycles. The molecule has 4 aromatic rings. The number of aryl methyl sites for hydroxylation is 3. The highest BCUT2D eigenvalue weighted by molar-refractivity contribution is 7.17. The van der Waals surface area contributed by atoms with Crippen LogP contribution in [0.15, 0.2) is 34.7 Å². The van der Waals surface area contributed by atoms with E-state index in [2.05, 4.69) is 34.6 Å². The molecule has 6 rings (SSSR count). The number of fused-ring (bicyclic) bond motifs is 3. The maximum Gasteiger partial charge on any atom is 0.263 e. The predicted octanol–water partition coefficient (Wildman–Crippen LogP) is 5.45. The van der Waals surface area contributed by atoms with E-state index in [-0.39, 0.29) is 18.0 Å². The van der Waals surface area contributed by atoms with E-state index < -0.39 is 0 Å². The van der Waals surface area contributed by atoms with Crippen LogP contribution < -0.4 is 10.9 Å². The lowest BCUT2D eigenvalue weighted by Gasteiger charge is -2.16. The number of nitrogens with zero attached hydrogens (tertiary/aromatic N) is 3. The summed E-state index contributed by atoms with van der Waals surface area (Å²) in [4.78, 5) is 32.7. The highest BCUT2D eigenvalue weighted by Gasteiger charge is 2.22. The van der Waals surface area contributed by atoms with E-state index >= 15 is 0 Å². The lowest BCUT2D eigenvalue weighted by Crippen LogP contribution is -2.27. The quantitative estimate of drug-likeness (QED) is 0.403. The van der Waals surface area contributed by atoms with Gasteiger partial charge in [0.05, 0.1) is 17.3 Å². The van der Waals surface area contributed by atoms with Gasteiger partial charge in [0, 0.05) is 15.8 Å². The van der Waals surface area contributed by atoms with Gasteiger partial charge in [-0.15, -0.1) is 22.7 Å². The molecular formula is C27H24N4O2S2. The zero-order chi connectivity index (χ0) is 23.9. The van der Waals surface area contributed by atoms with Gasteiger partial charge in [0.1, 0.15) is 22.4 Å². The number of nitriles is 1. The van der Waals surface area contributed by atoms with E-state index in [1.54, 1.807) is 0 Å². The number of carbonyl (C=O) groups excluding carboxylic acids is 1. The second-order valence-electron chi connectivity index (χ2n) is 9.27. The molecule has 35 heavy (non-hydrogen) atoms. The molecular weight excluding hydrogens is 476 g/mol. The standard InChI is InChI=1S/C27H24N4O2S2/c28-12-20-19-7-3-4-8-22(19)35-25(20)30-23(32)13-31-15-29-26-24(27(31)33)21(14-34-26)18-10-9-16-5-1-2-6-17(16)11-18/h9-11,14-15H,1-8,13H2,(H,30,32). The molecule has 8 heteroatoms. The number of hydrogen-bond acceptors (Lipinski definition) is 6. The van der Waals surface area contributed by atoms with E-state index in [1.165, 1.54) is 62.4 Å². The average molecular weight is 501 g/mol. The van der Waals surface area contributed by atoms with E-state index in [4.69, 9.17) is 0 Å². The van der Waals surface area contributed by atoms with Crippen LogP contribution in [0.5, 0.6) is 0 Å². The van der Waals surface area contributed by atoms with Crippen molar-refractivity contribution < 1.29 is 4.79 Å². The van der Waals surface area contributed by atoms with Crippen LogP contribution in [-0.2, 0) is 37.0 Å². The fourth-order valence-electron chi connectivity index (χ4n) is 5.29. The van der Waals surface area contributed by atoms with Crippen molar-refractivity contribution in [2.75, 3.05) is 5.32 Å². The number of amides is 1. The average Bonchev–Trinajstić information content (AvgIpc) is 3.47. The third kappa shape index (κ3) is 3.99. The molecule has 0 aliphatic heterocycles. The first-order chi connectivity index (χ1) is 17.1. The Morgan fingerprint density at radius 2 is 1.91 bits per heavy atom. The minimum absolute atomic E-state index is 0.144. The summed E-state index contributed by atoms with van der Waals surface area (Å²) in [6.07, 6.45) is 10.1. The molecule has 2 aliphatic rings. The number of rotatable bonds is 4. The molecule has 1 N–H and O–H groups in total. The third-order valence-corrected chi connectivity index (χ3v) is 9.16. The van der Waals surface area contributed by atoms with Gasteiger partial charge in [-0.2, -0.15) is 5.26 Å². The summed E-state index contributed by atoms with van der Waals surface area (Å²) >= 11 is 2.94. The first kappa shape index (κ1) is 22.2. The Labute approximate surface area is 210 Å².